The average Bonchev–Trinajstić information content (AvgIpc) is 3.00. The minimum atomic E-state index is -3.31. The molecular formula is C11H16N2O2S. The van der Waals surface area contributed by atoms with Crippen molar-refractivity contribution in [2.75, 3.05) is 17.8 Å². The molecule has 1 aromatic rings. The fourth-order valence-electron chi connectivity index (χ4n) is 1.58. The van der Waals surface area contributed by atoms with Crippen molar-refractivity contribution in [3.63, 3.8) is 0 Å². The third kappa shape index (κ3) is 2.36. The molecule has 0 unspecified atom stereocenters. The van der Waals surface area contributed by atoms with Crippen LogP contribution in [0.15, 0.2) is 24.3 Å². The highest BCUT2D eigenvalue weighted by atomic mass is 32.2. The van der Waals surface area contributed by atoms with Crippen LogP contribution in [0.3, 0.4) is 0 Å². The van der Waals surface area contributed by atoms with E-state index in [1.54, 1.807) is 6.07 Å². The van der Waals surface area contributed by atoms with Crippen LogP contribution in [-0.4, -0.2) is 25.8 Å². The highest BCUT2D eigenvalue weighted by Gasteiger charge is 2.32. The van der Waals surface area contributed by atoms with Gasteiger partial charge in [0.2, 0.25) is 0 Å². The van der Waals surface area contributed by atoms with E-state index in [0.717, 1.165) is 5.56 Å². The molecule has 0 spiro atoms. The summed E-state index contributed by atoms with van der Waals surface area (Å²) in [5.74, 6) is 0.299. The van der Waals surface area contributed by atoms with Crippen LogP contribution in [-0.2, 0) is 10.2 Å². The van der Waals surface area contributed by atoms with Gasteiger partial charge in [0, 0.05) is 13.1 Å². The van der Waals surface area contributed by atoms with Crippen LogP contribution in [0.4, 0.5) is 5.69 Å². The minimum absolute atomic E-state index is 0.299. The number of nitrogens with zero attached hydrogens (tertiary/aromatic N) is 1. The van der Waals surface area contributed by atoms with Crippen LogP contribution in [0.5, 0.6) is 0 Å². The van der Waals surface area contributed by atoms with Crippen LogP contribution in [0.1, 0.15) is 25.3 Å². The number of hydrogen-bond donors (Lipinski definition) is 1. The highest BCUT2D eigenvalue weighted by molar-refractivity contribution is 7.90. The van der Waals surface area contributed by atoms with Crippen LogP contribution in [0.25, 0.3) is 0 Å². The lowest BCUT2D eigenvalue weighted by Gasteiger charge is -2.14. The Morgan fingerprint density at radius 1 is 1.25 bits per heavy atom. The van der Waals surface area contributed by atoms with Crippen LogP contribution < -0.4 is 4.72 Å². The van der Waals surface area contributed by atoms with E-state index in [0.29, 0.717) is 24.7 Å². The molecule has 88 valence electrons. The monoisotopic (exact) mass is 240 g/mol. The molecule has 0 radical (unpaired) electrons. The van der Waals surface area contributed by atoms with Crippen molar-refractivity contribution in [3.05, 3.63) is 29.8 Å². The SMILES string of the molecule is CC(C)c1ccccc1NS(=O)(=O)N1CC1. The van der Waals surface area contributed by atoms with Crippen LogP contribution in [0.2, 0.25) is 0 Å². The van der Waals surface area contributed by atoms with Crippen molar-refractivity contribution in [2.24, 2.45) is 0 Å². The molecule has 0 amide bonds. The summed E-state index contributed by atoms with van der Waals surface area (Å²) in [6.45, 7) is 5.34. The van der Waals surface area contributed by atoms with Gasteiger partial charge in [-0.05, 0) is 17.5 Å². The molecule has 1 aromatic carbocycles. The molecule has 0 atom stereocenters. The molecule has 1 fully saturated rings. The van der Waals surface area contributed by atoms with Crippen LogP contribution >= 0.6 is 0 Å². The molecule has 1 heterocycles. The normalized spacial score (nSPS) is 16.4. The number of hydrogen-bond acceptors (Lipinski definition) is 2. The molecule has 16 heavy (non-hydrogen) atoms. The maximum absolute atomic E-state index is 11.8. The summed E-state index contributed by atoms with van der Waals surface area (Å²) >= 11 is 0. The molecule has 0 saturated carbocycles. The number of anilines is 1. The van der Waals surface area contributed by atoms with Crippen molar-refractivity contribution in [3.8, 4) is 0 Å². The highest BCUT2D eigenvalue weighted by Crippen LogP contribution is 2.26. The van der Waals surface area contributed by atoms with Gasteiger partial charge in [-0.3, -0.25) is 4.72 Å². The Bertz CT molecular complexity index is 479. The molecule has 1 N–H and O–H groups in total. The lowest BCUT2D eigenvalue weighted by Crippen LogP contribution is -2.21. The van der Waals surface area contributed by atoms with E-state index in [-0.39, 0.29) is 0 Å². The van der Waals surface area contributed by atoms with Gasteiger partial charge in [-0.15, -0.1) is 0 Å². The number of para-hydroxylation sites is 1. The Kier molecular flexibility index (Phi) is 2.90. The zero-order chi connectivity index (χ0) is 11.8. The second kappa shape index (κ2) is 4.07. The van der Waals surface area contributed by atoms with Gasteiger partial charge in [0.1, 0.15) is 0 Å². The van der Waals surface area contributed by atoms with E-state index in [9.17, 15) is 8.42 Å². The van der Waals surface area contributed by atoms with Gasteiger partial charge in [-0.25, -0.2) is 0 Å². The first-order valence-corrected chi connectivity index (χ1v) is 6.81. The standard InChI is InChI=1S/C11H16N2O2S/c1-9(2)10-5-3-4-6-11(10)12-16(14,15)13-7-8-13/h3-6,9,12H,7-8H2,1-2H3. The van der Waals surface area contributed by atoms with Crippen molar-refractivity contribution in [1.29, 1.82) is 0 Å². The van der Waals surface area contributed by atoms with E-state index in [1.165, 1.54) is 4.31 Å². The lowest BCUT2D eigenvalue weighted by molar-refractivity contribution is 0.569. The molecule has 1 saturated heterocycles. The van der Waals surface area contributed by atoms with Gasteiger partial charge < -0.3 is 0 Å². The molecule has 0 bridgehead atoms. The van der Waals surface area contributed by atoms with Crippen molar-refractivity contribution >= 4 is 15.9 Å². The van der Waals surface area contributed by atoms with Crippen molar-refractivity contribution in [1.82, 2.24) is 4.31 Å². The van der Waals surface area contributed by atoms with E-state index in [1.807, 2.05) is 32.0 Å². The van der Waals surface area contributed by atoms with E-state index >= 15 is 0 Å². The molecule has 5 heteroatoms. The first-order chi connectivity index (χ1) is 7.50. The Balaban J connectivity index is 2.27. The van der Waals surface area contributed by atoms with Crippen molar-refractivity contribution in [2.45, 2.75) is 19.8 Å². The number of benzene rings is 1. The van der Waals surface area contributed by atoms with Gasteiger partial charge in [0.25, 0.3) is 0 Å². The fraction of sp³-hybridized carbons (Fsp3) is 0.455. The predicted octanol–water partition coefficient (Wildman–Crippen LogP) is 1.78. The summed E-state index contributed by atoms with van der Waals surface area (Å²) in [6, 6.07) is 7.51. The molecule has 1 aliphatic rings. The quantitative estimate of drug-likeness (QED) is 0.816. The molecule has 0 aromatic heterocycles. The van der Waals surface area contributed by atoms with Crippen LogP contribution in [0, 0.1) is 0 Å². The summed E-state index contributed by atoms with van der Waals surface area (Å²) in [7, 11) is -3.31. The third-order valence-electron chi connectivity index (χ3n) is 2.57. The fourth-order valence-corrected chi connectivity index (χ4v) is 2.73. The van der Waals surface area contributed by atoms with E-state index < -0.39 is 10.2 Å². The van der Waals surface area contributed by atoms with Gasteiger partial charge in [0.05, 0.1) is 5.69 Å². The second-order valence-corrected chi connectivity index (χ2v) is 5.92. The lowest BCUT2D eigenvalue weighted by atomic mass is 10.0. The summed E-state index contributed by atoms with van der Waals surface area (Å²) in [6.07, 6.45) is 0. The Morgan fingerprint density at radius 2 is 1.88 bits per heavy atom. The Morgan fingerprint density at radius 3 is 2.44 bits per heavy atom. The van der Waals surface area contributed by atoms with Gasteiger partial charge in [-0.2, -0.15) is 12.7 Å². The number of nitrogens with one attached hydrogen (secondary N) is 1. The smallest absolute Gasteiger partial charge is 0.271 e. The van der Waals surface area contributed by atoms with Gasteiger partial charge in [-0.1, -0.05) is 32.0 Å². The summed E-state index contributed by atoms with van der Waals surface area (Å²) in [5.41, 5.74) is 1.71. The largest absolute Gasteiger partial charge is 0.301 e. The zero-order valence-electron chi connectivity index (χ0n) is 9.47. The predicted molar refractivity (Wildman–Crippen MR) is 64.6 cm³/mol. The van der Waals surface area contributed by atoms with Gasteiger partial charge >= 0.3 is 10.2 Å². The zero-order valence-corrected chi connectivity index (χ0v) is 10.3. The number of rotatable bonds is 4. The molecule has 2 rings (SSSR count). The summed E-state index contributed by atoms with van der Waals surface area (Å²) < 4.78 is 27.5. The molecule has 0 aliphatic carbocycles. The van der Waals surface area contributed by atoms with E-state index in [2.05, 4.69) is 4.72 Å². The molecule has 1 aliphatic heterocycles. The molecular weight excluding hydrogens is 224 g/mol. The summed E-state index contributed by atoms with van der Waals surface area (Å²) in [5, 5.41) is 0. The van der Waals surface area contributed by atoms with E-state index in [4.69, 9.17) is 0 Å². The first kappa shape index (κ1) is 11.4. The Labute approximate surface area is 96.5 Å². The van der Waals surface area contributed by atoms with Crippen molar-refractivity contribution < 1.29 is 8.42 Å². The van der Waals surface area contributed by atoms with Gasteiger partial charge in [0.15, 0.2) is 0 Å². The maximum atomic E-state index is 11.8. The first-order valence-electron chi connectivity index (χ1n) is 5.37. The maximum Gasteiger partial charge on any atom is 0.301 e. The second-order valence-electron chi connectivity index (χ2n) is 4.25. The topological polar surface area (TPSA) is 49.2 Å². The Hall–Kier alpha value is -1.07. The third-order valence-corrected chi connectivity index (χ3v) is 4.09. The summed E-state index contributed by atoms with van der Waals surface area (Å²) in [4.78, 5) is 0. The minimum Gasteiger partial charge on any atom is -0.271 e. The average molecular weight is 240 g/mol. The molecule has 4 nitrogen and oxygen atoms in total.